The number of halogens is 3. The molecule has 0 saturated heterocycles. The molecule has 0 amide bonds. The van der Waals surface area contributed by atoms with Crippen molar-refractivity contribution in [3.8, 4) is 0 Å². The monoisotopic (exact) mass is 756 g/mol. The third kappa shape index (κ3) is 9.70. The zero-order valence-corrected chi connectivity index (χ0v) is 29.3. The number of aliphatic imine (C=N–C) groups is 1. The molecule has 0 aliphatic heterocycles. The van der Waals surface area contributed by atoms with E-state index in [-0.39, 0.29) is 37.2 Å². The van der Waals surface area contributed by atoms with Gasteiger partial charge in [-0.05, 0) is 71.4 Å². The molecular formula is C32H30Cl3N2OP2STc+. The maximum atomic E-state index is 8.22. The van der Waals surface area contributed by atoms with Crippen molar-refractivity contribution in [2.45, 2.75) is 0 Å². The molecule has 0 bridgehead atoms. The second-order valence-electron chi connectivity index (χ2n) is 8.63. The van der Waals surface area contributed by atoms with Crippen LogP contribution < -0.4 is 21.2 Å². The molecule has 0 atom stereocenters. The van der Waals surface area contributed by atoms with Gasteiger partial charge >= 0.3 is 22.4 Å². The first-order valence-corrected chi connectivity index (χ1v) is 17.1. The predicted octanol–water partition coefficient (Wildman–Crippen LogP) is 8.87. The molecule has 0 heterocycles. The van der Waals surface area contributed by atoms with Gasteiger partial charge in [-0.1, -0.05) is 97.1 Å². The van der Waals surface area contributed by atoms with Crippen LogP contribution in [-0.2, 0) is 22.4 Å². The Hall–Kier alpha value is -2.12. The quantitative estimate of drug-likeness (QED) is 0.0902. The summed E-state index contributed by atoms with van der Waals surface area (Å²) >= 11 is 5.69. The molecule has 0 unspecified atom stereocenters. The van der Waals surface area contributed by atoms with E-state index in [0.29, 0.717) is 0 Å². The molecule has 0 fully saturated rings. The number of rotatable bonds is 8. The van der Waals surface area contributed by atoms with Gasteiger partial charge in [0.1, 0.15) is 5.90 Å². The van der Waals surface area contributed by atoms with Crippen LogP contribution in [0.25, 0.3) is 0 Å². The summed E-state index contributed by atoms with van der Waals surface area (Å²) in [4.78, 5) is 4.13. The Bertz CT molecular complexity index is 1500. The molecule has 5 aromatic carbocycles. The molecule has 5 rings (SSSR count). The number of benzene rings is 5. The molecule has 10 heteroatoms. The van der Waals surface area contributed by atoms with Gasteiger partial charge in [0, 0.05) is 0 Å². The minimum absolute atomic E-state index is 0. The van der Waals surface area contributed by atoms with Crippen LogP contribution in [0.15, 0.2) is 155 Å². The van der Waals surface area contributed by atoms with Crippen LogP contribution in [0.2, 0.25) is 0 Å². The van der Waals surface area contributed by atoms with Gasteiger partial charge in [0.15, 0.2) is 0 Å². The molecule has 0 radical (unpaired) electrons. The average molecular weight is 758 g/mol. The van der Waals surface area contributed by atoms with E-state index < -0.39 is 15.0 Å². The Kier molecular flexibility index (Phi) is 18.0. The number of hydrogen-bond acceptors (Lipinski definition) is 4. The van der Waals surface area contributed by atoms with E-state index in [2.05, 4.69) is 131 Å². The molecule has 217 valence electrons. The van der Waals surface area contributed by atoms with Gasteiger partial charge in [0.2, 0.25) is 0 Å². The van der Waals surface area contributed by atoms with Gasteiger partial charge in [-0.3, -0.25) is 4.74 Å². The molecule has 0 saturated carbocycles. The summed E-state index contributed by atoms with van der Waals surface area (Å²) in [6.07, 6.45) is 0. The molecule has 0 aliphatic rings. The fraction of sp³-hybridized carbons (Fsp3) is 0.0312. The summed E-state index contributed by atoms with van der Waals surface area (Å²) in [5.41, 5.74) is 1.74. The van der Waals surface area contributed by atoms with Crippen molar-refractivity contribution in [3.63, 3.8) is 0 Å². The van der Waals surface area contributed by atoms with Crippen LogP contribution in [0, 0.1) is 0 Å². The van der Waals surface area contributed by atoms with Crippen LogP contribution in [0.5, 0.6) is 0 Å². The SMILES string of the molecule is Cl.Cl.Cl.S=C=Nc1ccc(N=P(C[PH+](c2ccccc2)c2ccccc2)(c2ccccc2)c2ccccc2)cc1.[O]=[99Tc]. The summed E-state index contributed by atoms with van der Waals surface area (Å²) in [7, 11) is -3.41. The number of isothiocyanates is 1. The first-order chi connectivity index (χ1) is 19.3. The molecule has 3 nitrogen and oxygen atoms in total. The van der Waals surface area contributed by atoms with Gasteiger partial charge in [0.05, 0.1) is 42.1 Å². The normalized spacial score (nSPS) is 9.83. The van der Waals surface area contributed by atoms with Crippen molar-refractivity contribution in [1.29, 1.82) is 0 Å². The van der Waals surface area contributed by atoms with Crippen molar-refractivity contribution < 1.29 is 22.4 Å². The van der Waals surface area contributed by atoms with Gasteiger partial charge in [0.25, 0.3) is 0 Å². The van der Waals surface area contributed by atoms with Crippen molar-refractivity contribution in [2.75, 3.05) is 5.90 Å². The summed E-state index contributed by atoms with van der Waals surface area (Å²) in [5, 5.41) is 7.83. The van der Waals surface area contributed by atoms with Gasteiger partial charge in [-0.15, -0.1) is 37.2 Å². The number of nitrogens with zero attached hydrogens (tertiary/aromatic N) is 2. The van der Waals surface area contributed by atoms with Crippen molar-refractivity contribution in [1.82, 2.24) is 0 Å². The second kappa shape index (κ2) is 20.0. The first kappa shape index (κ1) is 37.9. The Morgan fingerprint density at radius 1 is 0.571 bits per heavy atom. The summed E-state index contributed by atoms with van der Waals surface area (Å²) in [6, 6.07) is 51.7. The van der Waals surface area contributed by atoms with Crippen molar-refractivity contribution in [2.24, 2.45) is 9.74 Å². The molecule has 0 spiro atoms. The van der Waals surface area contributed by atoms with Crippen LogP contribution in [0.4, 0.5) is 11.4 Å². The Morgan fingerprint density at radius 3 is 1.31 bits per heavy atom. The number of thiocarbonyl (C=S) groups is 1. The molecule has 42 heavy (non-hydrogen) atoms. The van der Waals surface area contributed by atoms with E-state index in [1.165, 1.54) is 21.2 Å². The average Bonchev–Trinajstić information content (AvgIpc) is 3.03. The van der Waals surface area contributed by atoms with Crippen molar-refractivity contribution in [3.05, 3.63) is 146 Å². The summed E-state index contributed by atoms with van der Waals surface area (Å²) in [5.74, 6) is 0.972. The molecule has 0 N–H and O–H groups in total. The zero-order valence-electron chi connectivity index (χ0n) is 22.3. The van der Waals surface area contributed by atoms with Crippen LogP contribution in [0.1, 0.15) is 0 Å². The third-order valence-corrected chi connectivity index (χ3v) is 14.4. The Labute approximate surface area is 283 Å². The third-order valence-electron chi connectivity index (χ3n) is 6.31. The predicted molar refractivity (Wildman–Crippen MR) is 190 cm³/mol. The van der Waals surface area contributed by atoms with E-state index in [4.69, 9.17) is 20.5 Å². The van der Waals surface area contributed by atoms with Crippen LogP contribution in [0.3, 0.4) is 0 Å². The minimum atomic E-state index is -2.24. The Balaban J connectivity index is 0.00000173. The van der Waals surface area contributed by atoms with Gasteiger partial charge in [-0.25, -0.2) is 0 Å². The van der Waals surface area contributed by atoms with Crippen LogP contribution in [-0.4, -0.2) is 11.1 Å². The first-order valence-electron chi connectivity index (χ1n) is 12.3. The molecule has 5 aromatic rings. The van der Waals surface area contributed by atoms with Crippen molar-refractivity contribution >= 4 is 102 Å². The second-order valence-corrected chi connectivity index (χ2v) is 15.0. The standard InChI is InChI=1S/C32H26N2P2S.3ClH.O.Tc/c37-25-33-27-21-23-28(24-22-27)34-36(31-17-9-3-10-18-31,32-19-11-4-12-20-32)26-35(29-13-5-1-6-14-29)30-15-7-2-8-16-30;;;;;/h1-24H,26H2;3*1H;;/p+1/i;;;;;1+1. The van der Waals surface area contributed by atoms with Crippen LogP contribution >= 0.6 is 64.4 Å². The van der Waals surface area contributed by atoms with E-state index in [1.807, 2.05) is 24.3 Å². The molecule has 0 aliphatic carbocycles. The summed E-state index contributed by atoms with van der Waals surface area (Å²) in [6.45, 7) is 0. The molecular weight excluding hydrogens is 728 g/mol. The van der Waals surface area contributed by atoms with E-state index in [9.17, 15) is 0 Å². The summed E-state index contributed by atoms with van der Waals surface area (Å²) < 4.78 is 13.9. The zero-order chi connectivity index (χ0) is 27.3. The topological polar surface area (TPSA) is 41.8 Å². The van der Waals surface area contributed by atoms with Gasteiger partial charge < -0.3 is 0 Å². The fourth-order valence-corrected chi connectivity index (χ4v) is 13.6. The van der Waals surface area contributed by atoms with E-state index in [1.54, 1.807) is 0 Å². The maximum absolute atomic E-state index is 8.22. The fourth-order valence-electron chi connectivity index (χ4n) is 4.53. The van der Waals surface area contributed by atoms with E-state index >= 15 is 0 Å². The Morgan fingerprint density at radius 2 is 0.929 bits per heavy atom. The van der Waals surface area contributed by atoms with Gasteiger partial charge in [-0.2, -0.15) is 4.99 Å². The van der Waals surface area contributed by atoms with E-state index in [0.717, 1.165) is 36.1 Å². The number of hydrogen-bond donors (Lipinski definition) is 0. The molecule has 0 aromatic heterocycles.